The molecule has 218 valence electrons. The van der Waals surface area contributed by atoms with Gasteiger partial charge in [-0.2, -0.15) is 24.9 Å². The molecule has 1 fully saturated rings. The molecule has 1 N–H and O–H groups in total. The summed E-state index contributed by atoms with van der Waals surface area (Å²) in [4.78, 5) is 39.7. The van der Waals surface area contributed by atoms with Crippen LogP contribution in [-0.4, -0.2) is 66.3 Å². The second-order valence-electron chi connectivity index (χ2n) is 9.56. The summed E-state index contributed by atoms with van der Waals surface area (Å²) in [5.74, 6) is -2.72. The first kappa shape index (κ1) is 31.9. The van der Waals surface area contributed by atoms with Gasteiger partial charge in [-0.05, 0) is 48.2 Å². The molecular formula is C27H29Cl2F3N2O5S. The van der Waals surface area contributed by atoms with Gasteiger partial charge < -0.3 is 19.7 Å². The van der Waals surface area contributed by atoms with Crippen molar-refractivity contribution < 1.29 is 37.0 Å². The maximum Gasteiger partial charge on any atom is 0.452 e. The zero-order chi connectivity index (χ0) is 29.6. The standard InChI is InChI=1S/C27H29Cl2F3N2O5S/c1-15(2)24(25(36)27(30,31)32)33-26(37)22-11-21(40-14-16-4-6-19(38-3)7-5-16)12-34(22)23(35)13-39-20-9-17(28)8-18(29)10-20/h4-10,15,21-22,24H,11-14H2,1-3H3,(H,33,37)/t21-,22+,24-/m1/s1. The smallest absolute Gasteiger partial charge is 0.452 e. The van der Waals surface area contributed by atoms with Gasteiger partial charge >= 0.3 is 6.18 Å². The minimum atomic E-state index is -5.11. The number of alkyl halides is 3. The minimum absolute atomic E-state index is 0.164. The zero-order valence-corrected chi connectivity index (χ0v) is 24.3. The number of ketones is 1. The van der Waals surface area contributed by atoms with E-state index in [4.69, 9.17) is 32.7 Å². The number of nitrogens with zero attached hydrogens (tertiary/aromatic N) is 1. The summed E-state index contributed by atoms with van der Waals surface area (Å²) in [5, 5.41) is 2.65. The molecule has 13 heteroatoms. The molecule has 2 amide bonds. The topological polar surface area (TPSA) is 84.9 Å². The number of hydrogen-bond donors (Lipinski definition) is 1. The summed E-state index contributed by atoms with van der Waals surface area (Å²) in [6.45, 7) is 2.52. The molecule has 0 aromatic heterocycles. The molecule has 1 heterocycles. The molecule has 1 aliphatic rings. The number of likely N-dealkylation sites (tertiary alicyclic amines) is 1. The predicted octanol–water partition coefficient (Wildman–Crippen LogP) is 5.56. The Morgan fingerprint density at radius 2 is 1.70 bits per heavy atom. The van der Waals surface area contributed by atoms with Crippen LogP contribution in [0.2, 0.25) is 10.0 Å². The zero-order valence-electron chi connectivity index (χ0n) is 22.0. The Morgan fingerprint density at radius 3 is 2.25 bits per heavy atom. The first-order valence-electron chi connectivity index (χ1n) is 12.3. The van der Waals surface area contributed by atoms with E-state index in [1.165, 1.54) is 48.7 Å². The lowest BCUT2D eigenvalue weighted by Crippen LogP contribution is -2.55. The molecule has 1 aliphatic heterocycles. The predicted molar refractivity (Wildman–Crippen MR) is 148 cm³/mol. The third-order valence-corrected chi connectivity index (χ3v) is 8.00. The number of rotatable bonds is 11. The van der Waals surface area contributed by atoms with Gasteiger partial charge in [-0.3, -0.25) is 14.4 Å². The third kappa shape index (κ3) is 8.68. The van der Waals surface area contributed by atoms with Crippen molar-refractivity contribution in [1.29, 1.82) is 0 Å². The first-order valence-corrected chi connectivity index (χ1v) is 14.1. The highest BCUT2D eigenvalue weighted by Crippen LogP contribution is 2.32. The normalized spacial score (nSPS) is 18.0. The average Bonchev–Trinajstić information content (AvgIpc) is 3.32. The summed E-state index contributed by atoms with van der Waals surface area (Å²) < 4.78 is 50.2. The van der Waals surface area contributed by atoms with Gasteiger partial charge in [0, 0.05) is 27.6 Å². The van der Waals surface area contributed by atoms with Crippen LogP contribution in [0, 0.1) is 5.92 Å². The molecule has 0 spiro atoms. The molecule has 3 atom stereocenters. The van der Waals surface area contributed by atoms with E-state index in [9.17, 15) is 27.6 Å². The number of methoxy groups -OCH3 is 1. The lowest BCUT2D eigenvalue weighted by Gasteiger charge is -2.28. The third-order valence-electron chi connectivity index (χ3n) is 6.26. The molecule has 2 aromatic carbocycles. The Morgan fingerprint density at radius 1 is 1.07 bits per heavy atom. The van der Waals surface area contributed by atoms with E-state index in [0.717, 1.165) is 5.56 Å². The maximum atomic E-state index is 13.2. The van der Waals surface area contributed by atoms with E-state index >= 15 is 0 Å². The van der Waals surface area contributed by atoms with Gasteiger partial charge in [0.05, 0.1) is 13.2 Å². The lowest BCUT2D eigenvalue weighted by atomic mass is 9.98. The van der Waals surface area contributed by atoms with Gasteiger partial charge in [-0.1, -0.05) is 49.2 Å². The summed E-state index contributed by atoms with van der Waals surface area (Å²) in [6.07, 6.45) is -4.93. The van der Waals surface area contributed by atoms with E-state index in [2.05, 4.69) is 5.32 Å². The number of thioether (sulfide) groups is 1. The van der Waals surface area contributed by atoms with Crippen LogP contribution < -0.4 is 14.8 Å². The van der Waals surface area contributed by atoms with Crippen molar-refractivity contribution in [1.82, 2.24) is 10.2 Å². The van der Waals surface area contributed by atoms with Crippen molar-refractivity contribution in [2.45, 2.75) is 49.5 Å². The number of carbonyl (C=O) groups excluding carboxylic acids is 3. The number of nitrogens with one attached hydrogen (secondary N) is 1. The number of benzene rings is 2. The maximum absolute atomic E-state index is 13.2. The van der Waals surface area contributed by atoms with Gasteiger partial charge in [-0.15, -0.1) is 0 Å². The summed E-state index contributed by atoms with van der Waals surface area (Å²) in [7, 11) is 1.57. The van der Waals surface area contributed by atoms with Crippen molar-refractivity contribution in [3.63, 3.8) is 0 Å². The van der Waals surface area contributed by atoms with Gasteiger partial charge in [0.1, 0.15) is 17.5 Å². The van der Waals surface area contributed by atoms with E-state index in [1.807, 2.05) is 24.3 Å². The summed E-state index contributed by atoms with van der Waals surface area (Å²) in [6, 6.07) is 9.00. The number of amides is 2. The van der Waals surface area contributed by atoms with Crippen molar-refractivity contribution in [3.05, 3.63) is 58.1 Å². The Bertz CT molecular complexity index is 1190. The Hall–Kier alpha value is -2.63. The highest BCUT2D eigenvalue weighted by molar-refractivity contribution is 7.99. The van der Waals surface area contributed by atoms with Crippen molar-refractivity contribution in [2.75, 3.05) is 20.3 Å². The van der Waals surface area contributed by atoms with Crippen molar-refractivity contribution in [3.8, 4) is 11.5 Å². The van der Waals surface area contributed by atoms with Crippen LogP contribution in [0.5, 0.6) is 11.5 Å². The van der Waals surface area contributed by atoms with Crippen LogP contribution in [0.1, 0.15) is 25.8 Å². The molecular weight excluding hydrogens is 592 g/mol. The lowest BCUT2D eigenvalue weighted by molar-refractivity contribution is -0.175. The highest BCUT2D eigenvalue weighted by atomic mass is 35.5. The number of hydrogen-bond acceptors (Lipinski definition) is 6. The Balaban J connectivity index is 1.75. The Kier molecular flexibility index (Phi) is 11.0. The Labute approximate surface area is 244 Å². The molecule has 0 radical (unpaired) electrons. The van der Waals surface area contributed by atoms with E-state index in [0.29, 0.717) is 21.5 Å². The van der Waals surface area contributed by atoms with Gasteiger partial charge in [0.15, 0.2) is 6.61 Å². The van der Waals surface area contributed by atoms with Gasteiger partial charge in [0.2, 0.25) is 5.91 Å². The van der Waals surface area contributed by atoms with Gasteiger partial charge in [-0.25, -0.2) is 0 Å². The molecule has 7 nitrogen and oxygen atoms in total. The summed E-state index contributed by atoms with van der Waals surface area (Å²) in [5.41, 5.74) is 0.994. The molecule has 0 aliphatic carbocycles. The molecule has 3 rings (SSSR count). The minimum Gasteiger partial charge on any atom is -0.497 e. The first-order chi connectivity index (χ1) is 18.8. The fourth-order valence-corrected chi connectivity index (χ4v) is 5.89. The molecule has 0 unspecified atom stereocenters. The van der Waals surface area contributed by atoms with Crippen LogP contribution in [0.25, 0.3) is 0 Å². The SMILES string of the molecule is COc1ccc(CS[C@@H]2C[C@@H](C(=O)N[C@@H](C(=O)C(F)(F)F)C(C)C)N(C(=O)COc3cc(Cl)cc(Cl)c3)C2)cc1. The van der Waals surface area contributed by atoms with Crippen molar-refractivity contribution >= 4 is 52.6 Å². The van der Waals surface area contributed by atoms with Crippen LogP contribution in [-0.2, 0) is 20.1 Å². The molecule has 1 saturated heterocycles. The number of carbonyl (C=O) groups is 3. The quantitative estimate of drug-likeness (QED) is 0.354. The van der Waals surface area contributed by atoms with E-state index < -0.39 is 48.4 Å². The number of halogens is 5. The molecule has 0 saturated carbocycles. The molecule has 2 aromatic rings. The largest absolute Gasteiger partial charge is 0.497 e. The van der Waals surface area contributed by atoms with Crippen LogP contribution in [0.15, 0.2) is 42.5 Å². The van der Waals surface area contributed by atoms with Crippen LogP contribution >= 0.6 is 35.0 Å². The van der Waals surface area contributed by atoms with E-state index in [-0.39, 0.29) is 24.0 Å². The summed E-state index contributed by atoms with van der Waals surface area (Å²) >= 11 is 13.5. The van der Waals surface area contributed by atoms with E-state index in [1.54, 1.807) is 7.11 Å². The second-order valence-corrected chi connectivity index (χ2v) is 11.7. The second kappa shape index (κ2) is 13.8. The highest BCUT2D eigenvalue weighted by Gasteiger charge is 2.47. The number of ether oxygens (including phenoxy) is 2. The van der Waals surface area contributed by atoms with Crippen LogP contribution in [0.4, 0.5) is 13.2 Å². The molecule has 0 bridgehead atoms. The average molecular weight is 622 g/mol. The molecule has 40 heavy (non-hydrogen) atoms. The van der Waals surface area contributed by atoms with Crippen LogP contribution in [0.3, 0.4) is 0 Å². The number of Topliss-reactive ketones (excluding diaryl/α,β-unsaturated/α-hetero) is 1. The fourth-order valence-electron chi connectivity index (χ4n) is 4.18. The fraction of sp³-hybridized carbons (Fsp3) is 0.444. The van der Waals surface area contributed by atoms with Gasteiger partial charge in [0.25, 0.3) is 11.7 Å². The van der Waals surface area contributed by atoms with Crippen molar-refractivity contribution in [2.24, 2.45) is 5.92 Å². The monoisotopic (exact) mass is 620 g/mol.